The minimum absolute atomic E-state index is 0.147. The van der Waals surface area contributed by atoms with Crippen LogP contribution in [0.4, 0.5) is 0 Å². The molecule has 0 radical (unpaired) electrons. The monoisotopic (exact) mass is 304 g/mol. The lowest BCUT2D eigenvalue weighted by Gasteiger charge is -2.34. The fraction of sp³-hybridized carbons (Fsp3) is 0.500. The maximum atomic E-state index is 11.4. The van der Waals surface area contributed by atoms with Crippen LogP contribution < -0.4 is 0 Å². The van der Waals surface area contributed by atoms with Gasteiger partial charge in [-0.2, -0.15) is 0 Å². The molecular weight excluding hydrogens is 284 g/mol. The lowest BCUT2D eigenvalue weighted by atomic mass is 9.98. The molecule has 1 atom stereocenters. The second kappa shape index (κ2) is 6.12. The van der Waals surface area contributed by atoms with Crippen molar-refractivity contribution in [3.8, 4) is 0 Å². The molecule has 1 saturated heterocycles. The Labute approximate surface area is 128 Å². The SMILES string of the molecule is CC(=O)c1cc(CN2CCCC[C@@H]2c2cc(C)on2)cs1. The average Bonchev–Trinajstić information content (AvgIpc) is 3.09. The molecule has 1 aliphatic rings. The number of carbonyl (C=O) groups excluding carboxylic acids is 1. The molecule has 0 aromatic carbocycles. The summed E-state index contributed by atoms with van der Waals surface area (Å²) in [7, 11) is 0. The predicted molar refractivity (Wildman–Crippen MR) is 82.6 cm³/mol. The van der Waals surface area contributed by atoms with Crippen molar-refractivity contribution in [3.05, 3.63) is 39.4 Å². The number of Topliss-reactive ketones (excluding diaryl/α,β-unsaturated/α-hetero) is 1. The average molecular weight is 304 g/mol. The first-order valence-electron chi connectivity index (χ1n) is 7.39. The van der Waals surface area contributed by atoms with Gasteiger partial charge in [0.25, 0.3) is 0 Å². The molecule has 21 heavy (non-hydrogen) atoms. The molecule has 3 rings (SSSR count). The Morgan fingerprint density at radius 3 is 3.00 bits per heavy atom. The summed E-state index contributed by atoms with van der Waals surface area (Å²) in [6.07, 6.45) is 3.57. The molecule has 2 aromatic rings. The van der Waals surface area contributed by atoms with Crippen LogP contribution >= 0.6 is 11.3 Å². The van der Waals surface area contributed by atoms with E-state index in [0.717, 1.165) is 35.8 Å². The zero-order chi connectivity index (χ0) is 14.8. The van der Waals surface area contributed by atoms with E-state index < -0.39 is 0 Å². The zero-order valence-electron chi connectivity index (χ0n) is 12.5. The smallest absolute Gasteiger partial charge is 0.169 e. The van der Waals surface area contributed by atoms with Crippen LogP contribution in [0.1, 0.15) is 58.9 Å². The highest BCUT2D eigenvalue weighted by Gasteiger charge is 2.26. The first-order valence-corrected chi connectivity index (χ1v) is 8.27. The molecule has 0 spiro atoms. The third kappa shape index (κ3) is 3.24. The fourth-order valence-corrected chi connectivity index (χ4v) is 3.74. The molecular formula is C16H20N2O2S. The topological polar surface area (TPSA) is 46.3 Å². The number of carbonyl (C=O) groups is 1. The van der Waals surface area contributed by atoms with E-state index in [-0.39, 0.29) is 5.78 Å². The van der Waals surface area contributed by atoms with E-state index in [2.05, 4.69) is 15.4 Å². The van der Waals surface area contributed by atoms with Gasteiger partial charge in [-0.1, -0.05) is 11.6 Å². The van der Waals surface area contributed by atoms with Crippen LogP contribution in [0.2, 0.25) is 0 Å². The summed E-state index contributed by atoms with van der Waals surface area (Å²) >= 11 is 1.54. The Hall–Kier alpha value is -1.46. The molecule has 1 aliphatic heterocycles. The van der Waals surface area contributed by atoms with E-state index in [9.17, 15) is 4.79 Å². The Kier molecular flexibility index (Phi) is 4.22. The van der Waals surface area contributed by atoms with Gasteiger partial charge in [0, 0.05) is 12.6 Å². The zero-order valence-corrected chi connectivity index (χ0v) is 13.3. The van der Waals surface area contributed by atoms with Crippen molar-refractivity contribution in [1.29, 1.82) is 0 Å². The first-order chi connectivity index (χ1) is 10.1. The lowest BCUT2D eigenvalue weighted by Crippen LogP contribution is -2.33. The molecule has 0 saturated carbocycles. The Bertz CT molecular complexity index is 632. The van der Waals surface area contributed by atoms with Crippen LogP contribution in [-0.4, -0.2) is 22.4 Å². The van der Waals surface area contributed by atoms with Crippen molar-refractivity contribution in [1.82, 2.24) is 10.1 Å². The van der Waals surface area contributed by atoms with Gasteiger partial charge in [-0.05, 0) is 50.2 Å². The number of aromatic nitrogens is 1. The Morgan fingerprint density at radius 1 is 1.48 bits per heavy atom. The molecule has 3 heterocycles. The Balaban J connectivity index is 1.76. The molecule has 5 heteroatoms. The summed E-state index contributed by atoms with van der Waals surface area (Å²) in [6, 6.07) is 4.39. The lowest BCUT2D eigenvalue weighted by molar-refractivity contribution is 0.102. The molecule has 0 bridgehead atoms. The molecule has 0 amide bonds. The van der Waals surface area contributed by atoms with E-state index in [1.807, 2.05) is 19.1 Å². The predicted octanol–water partition coefficient (Wildman–Crippen LogP) is 3.97. The van der Waals surface area contributed by atoms with Crippen LogP contribution in [0.5, 0.6) is 0 Å². The minimum atomic E-state index is 0.147. The van der Waals surface area contributed by atoms with Crippen molar-refractivity contribution in [2.24, 2.45) is 0 Å². The van der Waals surface area contributed by atoms with Crippen LogP contribution in [-0.2, 0) is 6.54 Å². The van der Waals surface area contributed by atoms with Gasteiger partial charge in [-0.15, -0.1) is 11.3 Å². The van der Waals surface area contributed by atoms with E-state index in [4.69, 9.17) is 4.52 Å². The third-order valence-electron chi connectivity index (χ3n) is 3.99. The maximum Gasteiger partial charge on any atom is 0.169 e. The number of aryl methyl sites for hydroxylation is 1. The largest absolute Gasteiger partial charge is 0.361 e. The highest BCUT2D eigenvalue weighted by molar-refractivity contribution is 7.12. The van der Waals surface area contributed by atoms with Crippen LogP contribution in [0.3, 0.4) is 0 Å². The molecule has 1 fully saturated rings. The van der Waals surface area contributed by atoms with Gasteiger partial charge in [-0.3, -0.25) is 9.69 Å². The number of nitrogens with zero attached hydrogens (tertiary/aromatic N) is 2. The highest BCUT2D eigenvalue weighted by atomic mass is 32.1. The molecule has 0 N–H and O–H groups in total. The number of hydrogen-bond donors (Lipinski definition) is 0. The van der Waals surface area contributed by atoms with E-state index >= 15 is 0 Å². The minimum Gasteiger partial charge on any atom is -0.361 e. The quantitative estimate of drug-likeness (QED) is 0.802. The summed E-state index contributed by atoms with van der Waals surface area (Å²) < 4.78 is 5.23. The number of ketones is 1. The van der Waals surface area contributed by atoms with E-state index in [1.54, 1.807) is 6.92 Å². The van der Waals surface area contributed by atoms with Gasteiger partial charge in [0.1, 0.15) is 11.5 Å². The molecule has 0 aliphatic carbocycles. The van der Waals surface area contributed by atoms with Gasteiger partial charge >= 0.3 is 0 Å². The number of piperidine rings is 1. The van der Waals surface area contributed by atoms with E-state index in [0.29, 0.717) is 6.04 Å². The molecule has 2 aromatic heterocycles. The summed E-state index contributed by atoms with van der Waals surface area (Å²) in [4.78, 5) is 14.7. The summed E-state index contributed by atoms with van der Waals surface area (Å²) in [6.45, 7) is 5.50. The molecule has 0 unspecified atom stereocenters. The second-order valence-corrected chi connectivity index (χ2v) is 6.63. The van der Waals surface area contributed by atoms with Gasteiger partial charge in [0.2, 0.25) is 0 Å². The number of hydrogen-bond acceptors (Lipinski definition) is 5. The third-order valence-corrected chi connectivity index (χ3v) is 5.07. The highest BCUT2D eigenvalue weighted by Crippen LogP contribution is 2.32. The standard InChI is InChI=1S/C16H20N2O2S/c1-11-7-14(17-20-11)15-5-3-4-6-18(15)9-13-8-16(12(2)19)21-10-13/h7-8,10,15H,3-6,9H2,1-2H3/t15-/m1/s1. The first kappa shape index (κ1) is 14.5. The van der Waals surface area contributed by atoms with Gasteiger partial charge in [-0.25, -0.2) is 0 Å². The Morgan fingerprint density at radius 2 is 2.33 bits per heavy atom. The molecule has 112 valence electrons. The van der Waals surface area contributed by atoms with Crippen molar-refractivity contribution < 1.29 is 9.32 Å². The fourth-order valence-electron chi connectivity index (χ4n) is 2.94. The van der Waals surface area contributed by atoms with Gasteiger partial charge in [0.15, 0.2) is 5.78 Å². The summed E-state index contributed by atoms with van der Waals surface area (Å²) in [5, 5.41) is 6.29. The van der Waals surface area contributed by atoms with Gasteiger partial charge < -0.3 is 4.52 Å². The number of likely N-dealkylation sites (tertiary alicyclic amines) is 1. The van der Waals surface area contributed by atoms with Crippen LogP contribution in [0, 0.1) is 6.92 Å². The normalized spacial score (nSPS) is 19.8. The van der Waals surface area contributed by atoms with Crippen molar-refractivity contribution in [2.75, 3.05) is 6.54 Å². The second-order valence-electron chi connectivity index (χ2n) is 5.72. The van der Waals surface area contributed by atoms with Crippen LogP contribution in [0.15, 0.2) is 22.0 Å². The number of thiophene rings is 1. The summed E-state index contributed by atoms with van der Waals surface area (Å²) in [5.41, 5.74) is 2.26. The van der Waals surface area contributed by atoms with Crippen molar-refractivity contribution in [2.45, 2.75) is 45.7 Å². The maximum absolute atomic E-state index is 11.4. The summed E-state index contributed by atoms with van der Waals surface area (Å²) in [5.74, 6) is 1.01. The van der Waals surface area contributed by atoms with E-state index in [1.165, 1.54) is 29.7 Å². The molecule has 4 nitrogen and oxygen atoms in total. The number of rotatable bonds is 4. The van der Waals surface area contributed by atoms with Gasteiger partial charge in [0.05, 0.1) is 10.9 Å². The van der Waals surface area contributed by atoms with Crippen molar-refractivity contribution >= 4 is 17.1 Å². The van der Waals surface area contributed by atoms with Crippen molar-refractivity contribution in [3.63, 3.8) is 0 Å². The van der Waals surface area contributed by atoms with Crippen LogP contribution in [0.25, 0.3) is 0 Å².